The summed E-state index contributed by atoms with van der Waals surface area (Å²) in [6.07, 6.45) is 3.03. The smallest absolute Gasteiger partial charge is 0.272 e. The van der Waals surface area contributed by atoms with Crippen LogP contribution in [-0.4, -0.2) is 55.0 Å². The lowest BCUT2D eigenvalue weighted by molar-refractivity contribution is -0.118. The first-order chi connectivity index (χ1) is 19.4. The highest BCUT2D eigenvalue weighted by molar-refractivity contribution is 6.03. The van der Waals surface area contributed by atoms with E-state index in [2.05, 4.69) is 20.5 Å². The summed E-state index contributed by atoms with van der Waals surface area (Å²) in [6, 6.07) is 11.1. The van der Waals surface area contributed by atoms with Crippen LogP contribution in [0.3, 0.4) is 0 Å². The van der Waals surface area contributed by atoms with E-state index in [1.54, 1.807) is 0 Å². The topological polar surface area (TPSA) is 115 Å². The maximum absolute atomic E-state index is 13.6. The van der Waals surface area contributed by atoms with Crippen LogP contribution in [0, 0.1) is 0 Å². The average molecular weight is 557 g/mol. The van der Waals surface area contributed by atoms with Crippen molar-refractivity contribution in [3.63, 3.8) is 0 Å². The van der Waals surface area contributed by atoms with Crippen LogP contribution in [0.25, 0.3) is 0 Å². The van der Waals surface area contributed by atoms with Gasteiger partial charge in [0.15, 0.2) is 11.5 Å². The number of aromatic nitrogens is 2. The number of hydrogen-bond acceptors (Lipinski definition) is 7. The van der Waals surface area contributed by atoms with Gasteiger partial charge in [-0.3, -0.25) is 19.7 Å². The first-order valence-electron chi connectivity index (χ1n) is 12.3. The van der Waals surface area contributed by atoms with Gasteiger partial charge in [-0.2, -0.15) is 5.10 Å². The number of rotatable bonds is 13. The number of nitrogens with zero attached hydrogens (tertiary/aromatic N) is 2. The molecule has 1 aliphatic heterocycles. The van der Waals surface area contributed by atoms with Gasteiger partial charge in [-0.15, -0.1) is 0 Å². The number of carbonyl (C=O) groups excluding carboxylic acids is 2. The van der Waals surface area contributed by atoms with Gasteiger partial charge in [0.2, 0.25) is 19.5 Å². The van der Waals surface area contributed by atoms with Gasteiger partial charge in [0, 0.05) is 37.4 Å². The van der Waals surface area contributed by atoms with E-state index in [-0.39, 0.29) is 42.3 Å². The van der Waals surface area contributed by atoms with Crippen LogP contribution >= 0.6 is 0 Å². The molecule has 1 unspecified atom stereocenters. The van der Waals surface area contributed by atoms with Gasteiger partial charge in [0.25, 0.3) is 5.91 Å². The second-order valence-corrected chi connectivity index (χ2v) is 8.77. The molecule has 0 aliphatic carbocycles. The molecule has 12 heteroatoms. The molecule has 1 amide bonds. The van der Waals surface area contributed by atoms with Gasteiger partial charge < -0.3 is 19.5 Å². The minimum atomic E-state index is -1.11. The molecule has 0 saturated carbocycles. The standard InChI is InChI=1S/C28H27F3N4O5/c1-38-14-20-22(11-17-5-7-18(8-6-17)12-23-27(36)21(31)9-10-32-23)34-35-26(20)28(37)33-13-19-24(39-15-29)3-2-4-25(19)40-16-30/h2-10,23H,11-16H2,1H3,(H,33,37)(H,34,35). The van der Waals surface area contributed by atoms with Crippen LogP contribution in [0.1, 0.15) is 38.4 Å². The number of methoxy groups -OCH3 is 1. The Morgan fingerprint density at radius 1 is 1.02 bits per heavy atom. The molecule has 2 aromatic carbocycles. The Labute approximate surface area is 228 Å². The number of benzene rings is 2. The minimum Gasteiger partial charge on any atom is -0.462 e. The fourth-order valence-corrected chi connectivity index (χ4v) is 4.28. The predicted molar refractivity (Wildman–Crippen MR) is 140 cm³/mol. The minimum absolute atomic E-state index is 0.102. The van der Waals surface area contributed by atoms with E-state index < -0.39 is 37.3 Å². The number of alkyl halides is 2. The van der Waals surface area contributed by atoms with Gasteiger partial charge >= 0.3 is 0 Å². The fourth-order valence-electron chi connectivity index (χ4n) is 4.28. The second kappa shape index (κ2) is 13.6. The zero-order chi connectivity index (χ0) is 28.5. The monoisotopic (exact) mass is 556 g/mol. The number of amides is 1. The number of allylic oxidation sites excluding steroid dienone is 1. The largest absolute Gasteiger partial charge is 0.462 e. The lowest BCUT2D eigenvalue weighted by Crippen LogP contribution is -2.25. The van der Waals surface area contributed by atoms with Gasteiger partial charge in [0.1, 0.15) is 17.5 Å². The van der Waals surface area contributed by atoms with E-state index in [4.69, 9.17) is 14.2 Å². The molecule has 9 nitrogen and oxygen atoms in total. The third kappa shape index (κ3) is 6.75. The van der Waals surface area contributed by atoms with E-state index >= 15 is 0 Å². The summed E-state index contributed by atoms with van der Waals surface area (Å²) in [5.41, 5.74) is 3.29. The Morgan fingerprint density at radius 3 is 2.35 bits per heavy atom. The molecule has 2 heterocycles. The third-order valence-corrected chi connectivity index (χ3v) is 6.25. The van der Waals surface area contributed by atoms with Crippen molar-refractivity contribution in [3.8, 4) is 11.5 Å². The van der Waals surface area contributed by atoms with Gasteiger partial charge in [-0.1, -0.05) is 30.3 Å². The highest BCUT2D eigenvalue weighted by Gasteiger charge is 2.24. The number of aromatic amines is 1. The summed E-state index contributed by atoms with van der Waals surface area (Å²) in [5.74, 6) is -1.75. The molecule has 0 bridgehead atoms. The number of Topliss-reactive ketones (excluding diaryl/α,β-unsaturated/α-hetero) is 1. The molecule has 2 N–H and O–H groups in total. The Hall–Kier alpha value is -4.45. The summed E-state index contributed by atoms with van der Waals surface area (Å²) >= 11 is 0. The lowest BCUT2D eigenvalue weighted by Gasteiger charge is -2.14. The molecule has 0 saturated heterocycles. The van der Waals surface area contributed by atoms with Crippen molar-refractivity contribution in [3.05, 3.63) is 88.0 Å². The summed E-state index contributed by atoms with van der Waals surface area (Å²) in [5, 5.41) is 9.76. The van der Waals surface area contributed by atoms with Crippen LogP contribution in [0.4, 0.5) is 13.2 Å². The van der Waals surface area contributed by atoms with Gasteiger partial charge in [0.05, 0.1) is 18.7 Å². The van der Waals surface area contributed by atoms with Crippen molar-refractivity contribution in [2.45, 2.75) is 32.0 Å². The highest BCUT2D eigenvalue weighted by Crippen LogP contribution is 2.29. The van der Waals surface area contributed by atoms with E-state index in [0.717, 1.165) is 17.2 Å². The Morgan fingerprint density at radius 2 is 1.70 bits per heavy atom. The summed E-state index contributed by atoms with van der Waals surface area (Å²) in [7, 11) is 1.49. The van der Waals surface area contributed by atoms with Crippen molar-refractivity contribution in [2.75, 3.05) is 20.8 Å². The third-order valence-electron chi connectivity index (χ3n) is 6.25. The molecule has 40 heavy (non-hydrogen) atoms. The molecule has 4 rings (SSSR count). The molecular weight excluding hydrogens is 529 g/mol. The first kappa shape index (κ1) is 28.6. The normalized spacial score (nSPS) is 14.7. The summed E-state index contributed by atoms with van der Waals surface area (Å²) in [6.45, 7) is -2.24. The van der Waals surface area contributed by atoms with Crippen LogP contribution in [0.5, 0.6) is 11.5 Å². The van der Waals surface area contributed by atoms with Crippen LogP contribution in [0.15, 0.2) is 59.4 Å². The van der Waals surface area contributed by atoms with E-state index in [1.165, 1.54) is 31.5 Å². The molecule has 1 aromatic heterocycles. The van der Waals surface area contributed by atoms with Gasteiger partial charge in [-0.25, -0.2) is 13.2 Å². The summed E-state index contributed by atoms with van der Waals surface area (Å²) in [4.78, 5) is 29.1. The lowest BCUT2D eigenvalue weighted by atomic mass is 9.98. The molecule has 3 aromatic rings. The number of nitrogens with one attached hydrogen (secondary N) is 2. The maximum Gasteiger partial charge on any atom is 0.272 e. The molecular formula is C28H27F3N4O5. The van der Waals surface area contributed by atoms with Crippen molar-refractivity contribution < 1.29 is 37.0 Å². The van der Waals surface area contributed by atoms with E-state index in [0.29, 0.717) is 17.7 Å². The number of halogens is 3. The summed E-state index contributed by atoms with van der Waals surface area (Å²) < 4.78 is 54.4. The van der Waals surface area contributed by atoms with E-state index in [9.17, 15) is 22.8 Å². The van der Waals surface area contributed by atoms with Crippen molar-refractivity contribution in [1.29, 1.82) is 0 Å². The molecule has 0 spiro atoms. The molecule has 0 radical (unpaired) electrons. The molecule has 210 valence electrons. The molecule has 0 fully saturated rings. The first-order valence-corrected chi connectivity index (χ1v) is 12.3. The molecule has 1 atom stereocenters. The number of carbonyl (C=O) groups is 2. The highest BCUT2D eigenvalue weighted by atomic mass is 19.1. The van der Waals surface area contributed by atoms with Crippen LogP contribution in [0.2, 0.25) is 0 Å². The average Bonchev–Trinajstić information content (AvgIpc) is 3.34. The number of hydrogen-bond donors (Lipinski definition) is 2. The van der Waals surface area contributed by atoms with Crippen molar-refractivity contribution in [1.82, 2.24) is 15.5 Å². The molecule has 1 aliphatic rings. The number of dihydropyridines is 1. The zero-order valence-electron chi connectivity index (χ0n) is 21.6. The Balaban J connectivity index is 1.45. The zero-order valence-corrected chi connectivity index (χ0v) is 21.6. The predicted octanol–water partition coefficient (Wildman–Crippen LogP) is 4.11. The quantitative estimate of drug-likeness (QED) is 0.328. The van der Waals surface area contributed by atoms with Crippen LogP contribution in [-0.2, 0) is 35.5 Å². The van der Waals surface area contributed by atoms with Crippen LogP contribution < -0.4 is 14.8 Å². The van der Waals surface area contributed by atoms with Crippen molar-refractivity contribution >= 4 is 17.9 Å². The maximum atomic E-state index is 13.6. The Bertz CT molecular complexity index is 1380. The number of ether oxygens (including phenoxy) is 3. The number of H-pyrrole nitrogens is 1. The Kier molecular flexibility index (Phi) is 9.68. The van der Waals surface area contributed by atoms with Crippen molar-refractivity contribution in [2.24, 2.45) is 4.99 Å². The second-order valence-electron chi connectivity index (χ2n) is 8.77. The number of aliphatic imine (C=N–C) groups is 1. The number of ketones is 1. The van der Waals surface area contributed by atoms with Gasteiger partial charge in [-0.05, 0) is 29.3 Å². The fraction of sp³-hybridized carbons (Fsp3) is 0.286. The van der Waals surface area contributed by atoms with E-state index in [1.807, 2.05) is 24.3 Å². The SMILES string of the molecule is COCc1c(C(=O)NCc2c(OCF)cccc2OCF)n[nH]c1Cc1ccc(CC2N=CC=C(F)C2=O)cc1.